The van der Waals surface area contributed by atoms with Crippen LogP contribution in [0.3, 0.4) is 0 Å². The molecule has 0 bridgehead atoms. The van der Waals surface area contributed by atoms with E-state index < -0.39 is 0 Å². The molecule has 3 rings (SSSR count). The Kier molecular flexibility index (Phi) is 5.09. The standard InChI is InChI=1S/C19H19FN4O2/c1-13-4-3-5-17-21-16(10-19(26)24(13)17)11-23(2)12-18(25)22-15-8-6-14(20)7-9-15/h3-10H,11-12H2,1-2H3,(H,22,25). The molecule has 0 aliphatic rings. The summed E-state index contributed by atoms with van der Waals surface area (Å²) in [4.78, 5) is 30.6. The van der Waals surface area contributed by atoms with Crippen LogP contribution in [0, 0.1) is 12.7 Å². The minimum atomic E-state index is -0.357. The molecule has 0 atom stereocenters. The summed E-state index contributed by atoms with van der Waals surface area (Å²) in [5, 5.41) is 2.70. The third-order valence-electron chi connectivity index (χ3n) is 3.91. The monoisotopic (exact) mass is 354 g/mol. The normalized spacial score (nSPS) is 11.1. The van der Waals surface area contributed by atoms with Crippen LogP contribution in [0.15, 0.2) is 53.3 Å². The summed E-state index contributed by atoms with van der Waals surface area (Å²) in [7, 11) is 1.77. The number of fused-ring (bicyclic) bond motifs is 1. The van der Waals surface area contributed by atoms with Crippen LogP contribution >= 0.6 is 0 Å². The van der Waals surface area contributed by atoms with Crippen LogP contribution < -0.4 is 10.9 Å². The number of rotatable bonds is 5. The molecule has 26 heavy (non-hydrogen) atoms. The number of aromatic nitrogens is 2. The summed E-state index contributed by atoms with van der Waals surface area (Å²) in [5.41, 5.74) is 2.38. The summed E-state index contributed by atoms with van der Waals surface area (Å²) in [6, 6.07) is 12.5. The highest BCUT2D eigenvalue weighted by atomic mass is 19.1. The molecule has 1 aromatic carbocycles. The van der Waals surface area contributed by atoms with Crippen LogP contribution in [0.2, 0.25) is 0 Å². The molecular formula is C19H19FN4O2. The summed E-state index contributed by atoms with van der Waals surface area (Å²) in [5.74, 6) is -0.587. The van der Waals surface area contributed by atoms with Gasteiger partial charge in [0.2, 0.25) is 5.91 Å². The van der Waals surface area contributed by atoms with Crippen LogP contribution in [-0.4, -0.2) is 33.8 Å². The number of pyridine rings is 1. The number of likely N-dealkylation sites (N-methyl/N-ethyl adjacent to an activating group) is 1. The average molecular weight is 354 g/mol. The van der Waals surface area contributed by atoms with E-state index in [0.29, 0.717) is 23.6 Å². The molecule has 1 N–H and O–H groups in total. The van der Waals surface area contributed by atoms with E-state index in [1.54, 1.807) is 22.4 Å². The molecule has 7 heteroatoms. The van der Waals surface area contributed by atoms with Crippen molar-refractivity contribution < 1.29 is 9.18 Å². The topological polar surface area (TPSA) is 66.7 Å². The number of benzene rings is 1. The van der Waals surface area contributed by atoms with Gasteiger partial charge in [0.25, 0.3) is 5.56 Å². The highest BCUT2D eigenvalue weighted by molar-refractivity contribution is 5.92. The first kappa shape index (κ1) is 17.8. The van der Waals surface area contributed by atoms with Gasteiger partial charge < -0.3 is 5.32 Å². The lowest BCUT2D eigenvalue weighted by atomic mass is 10.3. The molecule has 2 heterocycles. The zero-order valence-corrected chi connectivity index (χ0v) is 14.6. The van der Waals surface area contributed by atoms with E-state index in [2.05, 4.69) is 10.3 Å². The second kappa shape index (κ2) is 7.45. The molecule has 0 radical (unpaired) electrons. The first-order chi connectivity index (χ1) is 12.4. The minimum Gasteiger partial charge on any atom is -0.325 e. The minimum absolute atomic E-state index is 0.117. The zero-order chi connectivity index (χ0) is 18.7. The van der Waals surface area contributed by atoms with Gasteiger partial charge in [-0.2, -0.15) is 0 Å². The number of hydrogen-bond donors (Lipinski definition) is 1. The number of hydrogen-bond acceptors (Lipinski definition) is 4. The van der Waals surface area contributed by atoms with Gasteiger partial charge in [-0.05, 0) is 50.4 Å². The van der Waals surface area contributed by atoms with E-state index in [1.165, 1.54) is 30.3 Å². The van der Waals surface area contributed by atoms with Crippen molar-refractivity contribution in [3.8, 4) is 0 Å². The number of carbonyl (C=O) groups excluding carboxylic acids is 1. The Labute approximate surface area is 149 Å². The number of halogens is 1. The van der Waals surface area contributed by atoms with Crippen molar-refractivity contribution in [2.75, 3.05) is 18.9 Å². The fraction of sp³-hybridized carbons (Fsp3) is 0.211. The second-order valence-corrected chi connectivity index (χ2v) is 6.17. The van der Waals surface area contributed by atoms with Crippen molar-refractivity contribution in [3.63, 3.8) is 0 Å². The fourth-order valence-electron chi connectivity index (χ4n) is 2.76. The van der Waals surface area contributed by atoms with Crippen molar-refractivity contribution in [1.82, 2.24) is 14.3 Å². The van der Waals surface area contributed by atoms with Crippen molar-refractivity contribution >= 4 is 17.2 Å². The van der Waals surface area contributed by atoms with Crippen molar-refractivity contribution in [1.29, 1.82) is 0 Å². The Morgan fingerprint density at radius 2 is 1.96 bits per heavy atom. The van der Waals surface area contributed by atoms with Gasteiger partial charge in [0.1, 0.15) is 11.5 Å². The molecule has 134 valence electrons. The molecule has 0 fully saturated rings. The second-order valence-electron chi connectivity index (χ2n) is 6.17. The summed E-state index contributed by atoms with van der Waals surface area (Å²) >= 11 is 0. The predicted molar refractivity (Wildman–Crippen MR) is 97.6 cm³/mol. The molecule has 0 unspecified atom stereocenters. The lowest BCUT2D eigenvalue weighted by Gasteiger charge is -2.16. The van der Waals surface area contributed by atoms with Crippen molar-refractivity contribution in [3.05, 3.63) is 76.1 Å². The Morgan fingerprint density at radius 1 is 1.23 bits per heavy atom. The number of carbonyl (C=O) groups is 1. The molecule has 0 aliphatic carbocycles. The molecule has 6 nitrogen and oxygen atoms in total. The highest BCUT2D eigenvalue weighted by Crippen LogP contribution is 2.09. The maximum absolute atomic E-state index is 12.9. The summed E-state index contributed by atoms with van der Waals surface area (Å²) in [6.07, 6.45) is 0. The molecule has 3 aromatic rings. The quantitative estimate of drug-likeness (QED) is 0.763. The van der Waals surface area contributed by atoms with E-state index in [1.807, 2.05) is 19.1 Å². The third kappa shape index (κ3) is 4.12. The molecule has 0 spiro atoms. The van der Waals surface area contributed by atoms with Gasteiger partial charge in [-0.25, -0.2) is 9.37 Å². The van der Waals surface area contributed by atoms with Gasteiger partial charge in [-0.3, -0.25) is 18.9 Å². The predicted octanol–water partition coefficient (Wildman–Crippen LogP) is 2.21. The van der Waals surface area contributed by atoms with Crippen LogP contribution in [0.4, 0.5) is 10.1 Å². The van der Waals surface area contributed by atoms with Crippen molar-refractivity contribution in [2.45, 2.75) is 13.5 Å². The van der Waals surface area contributed by atoms with Gasteiger partial charge in [-0.1, -0.05) is 6.07 Å². The van der Waals surface area contributed by atoms with E-state index in [0.717, 1.165) is 5.69 Å². The average Bonchev–Trinajstić information content (AvgIpc) is 2.56. The Balaban J connectivity index is 1.67. The Bertz CT molecular complexity index is 999. The zero-order valence-electron chi connectivity index (χ0n) is 14.6. The van der Waals surface area contributed by atoms with Crippen LogP contribution in [0.5, 0.6) is 0 Å². The van der Waals surface area contributed by atoms with E-state index in [9.17, 15) is 14.0 Å². The van der Waals surface area contributed by atoms with Gasteiger partial charge in [0, 0.05) is 24.0 Å². The molecule has 0 aliphatic heterocycles. The molecule has 1 amide bonds. The SMILES string of the molecule is Cc1cccc2nc(CN(C)CC(=O)Nc3ccc(F)cc3)cc(=O)n12. The van der Waals surface area contributed by atoms with Gasteiger partial charge >= 0.3 is 0 Å². The first-order valence-corrected chi connectivity index (χ1v) is 8.14. The van der Waals surface area contributed by atoms with E-state index >= 15 is 0 Å². The number of amides is 1. The summed E-state index contributed by atoms with van der Waals surface area (Å²) < 4.78 is 14.4. The lowest BCUT2D eigenvalue weighted by molar-refractivity contribution is -0.117. The first-order valence-electron chi connectivity index (χ1n) is 8.14. The van der Waals surface area contributed by atoms with Crippen molar-refractivity contribution in [2.24, 2.45) is 0 Å². The van der Waals surface area contributed by atoms with Crippen LogP contribution in [0.1, 0.15) is 11.4 Å². The van der Waals surface area contributed by atoms with E-state index in [4.69, 9.17) is 0 Å². The molecule has 2 aromatic heterocycles. The summed E-state index contributed by atoms with van der Waals surface area (Å²) in [6.45, 7) is 2.32. The maximum Gasteiger partial charge on any atom is 0.258 e. The smallest absolute Gasteiger partial charge is 0.258 e. The maximum atomic E-state index is 12.9. The number of nitrogens with zero attached hydrogens (tertiary/aromatic N) is 3. The van der Waals surface area contributed by atoms with Gasteiger partial charge in [0.05, 0.1) is 12.2 Å². The number of aryl methyl sites for hydroxylation is 1. The molecular weight excluding hydrogens is 335 g/mol. The number of anilines is 1. The van der Waals surface area contributed by atoms with Gasteiger partial charge in [0.15, 0.2) is 0 Å². The Morgan fingerprint density at radius 3 is 2.69 bits per heavy atom. The molecule has 0 saturated heterocycles. The number of nitrogens with one attached hydrogen (secondary N) is 1. The van der Waals surface area contributed by atoms with Crippen LogP contribution in [-0.2, 0) is 11.3 Å². The molecule has 0 saturated carbocycles. The van der Waals surface area contributed by atoms with Crippen LogP contribution in [0.25, 0.3) is 5.65 Å². The Hall–Kier alpha value is -3.06. The third-order valence-corrected chi connectivity index (χ3v) is 3.91. The van der Waals surface area contributed by atoms with E-state index in [-0.39, 0.29) is 23.8 Å². The highest BCUT2D eigenvalue weighted by Gasteiger charge is 2.10. The largest absolute Gasteiger partial charge is 0.325 e. The lowest BCUT2D eigenvalue weighted by Crippen LogP contribution is -2.30. The van der Waals surface area contributed by atoms with Gasteiger partial charge in [-0.15, -0.1) is 0 Å². The fourth-order valence-corrected chi connectivity index (χ4v) is 2.76.